The van der Waals surface area contributed by atoms with Gasteiger partial charge in [-0.1, -0.05) is 42.7 Å². The van der Waals surface area contributed by atoms with Crippen LogP contribution in [0.15, 0.2) is 59.4 Å². The number of nitrogens with one attached hydrogen (secondary N) is 1. The predicted octanol–water partition coefficient (Wildman–Crippen LogP) is 5.04. The van der Waals surface area contributed by atoms with E-state index in [0.717, 1.165) is 55.3 Å². The van der Waals surface area contributed by atoms with Crippen molar-refractivity contribution in [1.29, 1.82) is 0 Å². The van der Waals surface area contributed by atoms with E-state index in [1.807, 2.05) is 31.2 Å². The zero-order chi connectivity index (χ0) is 24.1. The summed E-state index contributed by atoms with van der Waals surface area (Å²) < 4.78 is 6.83. The highest BCUT2D eigenvalue weighted by molar-refractivity contribution is 6.04. The van der Waals surface area contributed by atoms with Gasteiger partial charge < -0.3 is 14.6 Å². The third-order valence-corrected chi connectivity index (χ3v) is 6.18. The van der Waals surface area contributed by atoms with Crippen molar-refractivity contribution in [2.24, 2.45) is 0 Å². The van der Waals surface area contributed by atoms with Crippen molar-refractivity contribution in [2.45, 2.75) is 58.9 Å². The van der Waals surface area contributed by atoms with Crippen LogP contribution in [0.1, 0.15) is 65.3 Å². The molecule has 6 nitrogen and oxygen atoms in total. The van der Waals surface area contributed by atoms with Crippen LogP contribution in [-0.2, 0) is 24.2 Å². The van der Waals surface area contributed by atoms with Gasteiger partial charge in [-0.15, -0.1) is 0 Å². The summed E-state index contributed by atoms with van der Waals surface area (Å²) in [7, 11) is 0. The molecular weight excluding hydrogens is 428 g/mol. The van der Waals surface area contributed by atoms with Crippen LogP contribution in [0.5, 0.6) is 5.75 Å². The fourth-order valence-corrected chi connectivity index (χ4v) is 4.41. The lowest BCUT2D eigenvalue weighted by atomic mass is 9.95. The Kier molecular flexibility index (Phi) is 7.26. The number of aryl methyl sites for hydroxylation is 2. The Morgan fingerprint density at radius 2 is 1.62 bits per heavy atom. The zero-order valence-electron chi connectivity index (χ0n) is 19.7. The Bertz CT molecular complexity index is 1240. The molecule has 2 aromatic carbocycles. The van der Waals surface area contributed by atoms with E-state index in [9.17, 15) is 14.4 Å². The molecule has 0 unspecified atom stereocenters. The molecule has 0 atom stereocenters. The molecule has 1 amide bonds. The Hall–Kier alpha value is -3.67. The normalized spacial score (nSPS) is 13.4. The topological polar surface area (TPSA) is 77.4 Å². The number of rotatable bonds is 5. The molecule has 1 heterocycles. The minimum absolute atomic E-state index is 0.149. The molecule has 1 aliphatic rings. The molecule has 1 N–H and O–H groups in total. The van der Waals surface area contributed by atoms with Crippen LogP contribution >= 0.6 is 0 Å². The lowest BCUT2D eigenvalue weighted by Gasteiger charge is -2.21. The van der Waals surface area contributed by atoms with E-state index in [1.165, 1.54) is 12.5 Å². The molecule has 0 fully saturated rings. The standard InChI is InChI=1S/C28H30N2O4/c1-19-9-11-21(12-10-19)18-30-26-8-6-4-3-5-7-22(26)17-25(28(30)33)27(32)29-23-13-15-24(16-14-23)34-20(2)31/h9-17H,3-8,18H2,1-2H3,(H,29,32). The molecule has 0 aliphatic heterocycles. The SMILES string of the molecule is CC(=O)Oc1ccc(NC(=O)c2cc3c(n(Cc4ccc(C)cc4)c2=O)CCCCCC3)cc1. The number of aromatic nitrogens is 1. The molecule has 0 saturated heterocycles. The maximum absolute atomic E-state index is 13.6. The molecule has 0 spiro atoms. The van der Waals surface area contributed by atoms with Crippen LogP contribution in [0, 0.1) is 6.92 Å². The number of nitrogens with zero attached hydrogens (tertiary/aromatic N) is 1. The first-order valence-electron chi connectivity index (χ1n) is 11.8. The van der Waals surface area contributed by atoms with Crippen LogP contribution in [0.4, 0.5) is 5.69 Å². The number of ether oxygens (including phenoxy) is 1. The zero-order valence-corrected chi connectivity index (χ0v) is 19.7. The van der Waals surface area contributed by atoms with Gasteiger partial charge in [-0.2, -0.15) is 0 Å². The number of esters is 1. The van der Waals surface area contributed by atoms with Gasteiger partial charge in [-0.05, 0) is 74.1 Å². The largest absolute Gasteiger partial charge is 0.427 e. The average Bonchev–Trinajstić information content (AvgIpc) is 2.79. The minimum Gasteiger partial charge on any atom is -0.427 e. The molecule has 6 heteroatoms. The van der Waals surface area contributed by atoms with E-state index in [-0.39, 0.29) is 11.1 Å². The van der Waals surface area contributed by atoms with Crippen molar-refractivity contribution in [3.05, 3.63) is 92.9 Å². The maximum atomic E-state index is 13.6. The number of fused-ring (bicyclic) bond motifs is 1. The molecule has 1 aromatic heterocycles. The third-order valence-electron chi connectivity index (χ3n) is 6.18. The first-order chi connectivity index (χ1) is 16.4. The highest BCUT2D eigenvalue weighted by Gasteiger charge is 2.20. The van der Waals surface area contributed by atoms with Crippen LogP contribution in [-0.4, -0.2) is 16.4 Å². The number of carbonyl (C=O) groups excluding carboxylic acids is 2. The van der Waals surface area contributed by atoms with Crippen molar-refractivity contribution in [1.82, 2.24) is 4.57 Å². The van der Waals surface area contributed by atoms with Gasteiger partial charge in [0.05, 0.1) is 6.54 Å². The van der Waals surface area contributed by atoms with Crippen LogP contribution in [0.25, 0.3) is 0 Å². The van der Waals surface area contributed by atoms with Gasteiger partial charge in [0, 0.05) is 18.3 Å². The van der Waals surface area contributed by atoms with E-state index in [4.69, 9.17) is 4.74 Å². The monoisotopic (exact) mass is 458 g/mol. The lowest BCUT2D eigenvalue weighted by molar-refractivity contribution is -0.131. The lowest BCUT2D eigenvalue weighted by Crippen LogP contribution is -2.33. The van der Waals surface area contributed by atoms with Gasteiger partial charge >= 0.3 is 5.97 Å². The second-order valence-corrected chi connectivity index (χ2v) is 8.89. The molecule has 4 rings (SSSR count). The number of benzene rings is 2. The van der Waals surface area contributed by atoms with Crippen LogP contribution in [0.3, 0.4) is 0 Å². The quantitative estimate of drug-likeness (QED) is 0.429. The van der Waals surface area contributed by atoms with Crippen LogP contribution < -0.4 is 15.6 Å². The summed E-state index contributed by atoms with van der Waals surface area (Å²) in [6.07, 6.45) is 6.11. The number of pyridine rings is 1. The first kappa shape index (κ1) is 23.5. The third kappa shape index (κ3) is 5.63. The van der Waals surface area contributed by atoms with Gasteiger partial charge in [-0.3, -0.25) is 14.4 Å². The van der Waals surface area contributed by atoms with E-state index in [0.29, 0.717) is 18.0 Å². The van der Waals surface area contributed by atoms with Crippen molar-refractivity contribution in [3.8, 4) is 5.75 Å². The molecule has 176 valence electrons. The highest BCUT2D eigenvalue weighted by Crippen LogP contribution is 2.22. The van der Waals surface area contributed by atoms with E-state index in [1.54, 1.807) is 34.9 Å². The highest BCUT2D eigenvalue weighted by atomic mass is 16.5. The summed E-state index contributed by atoms with van der Waals surface area (Å²) >= 11 is 0. The van der Waals surface area contributed by atoms with Gasteiger partial charge in [0.15, 0.2) is 0 Å². The Morgan fingerprint density at radius 1 is 0.941 bits per heavy atom. The number of carbonyl (C=O) groups is 2. The smallest absolute Gasteiger partial charge is 0.308 e. The first-order valence-corrected chi connectivity index (χ1v) is 11.8. The van der Waals surface area contributed by atoms with Gasteiger partial charge in [0.2, 0.25) is 0 Å². The Balaban J connectivity index is 1.68. The van der Waals surface area contributed by atoms with Gasteiger partial charge in [0.1, 0.15) is 11.3 Å². The fraction of sp³-hybridized carbons (Fsp3) is 0.321. The predicted molar refractivity (Wildman–Crippen MR) is 133 cm³/mol. The summed E-state index contributed by atoms with van der Waals surface area (Å²) in [5.41, 5.74) is 4.74. The van der Waals surface area contributed by atoms with Crippen molar-refractivity contribution < 1.29 is 14.3 Å². The molecule has 34 heavy (non-hydrogen) atoms. The molecule has 1 aliphatic carbocycles. The summed E-state index contributed by atoms with van der Waals surface area (Å²) in [5.74, 6) is -0.452. The molecule has 0 radical (unpaired) electrons. The Morgan fingerprint density at radius 3 is 2.29 bits per heavy atom. The van der Waals surface area contributed by atoms with Crippen molar-refractivity contribution >= 4 is 17.6 Å². The number of amides is 1. The summed E-state index contributed by atoms with van der Waals surface area (Å²) in [6, 6.07) is 16.4. The van der Waals surface area contributed by atoms with Gasteiger partial charge in [-0.25, -0.2) is 0 Å². The molecular formula is C28H30N2O4. The van der Waals surface area contributed by atoms with Crippen LogP contribution in [0.2, 0.25) is 0 Å². The molecule has 3 aromatic rings. The number of hydrogen-bond donors (Lipinski definition) is 1. The van der Waals surface area contributed by atoms with E-state index < -0.39 is 11.9 Å². The fourth-order valence-electron chi connectivity index (χ4n) is 4.41. The summed E-state index contributed by atoms with van der Waals surface area (Å²) in [6.45, 7) is 3.81. The summed E-state index contributed by atoms with van der Waals surface area (Å²) in [4.78, 5) is 37.9. The minimum atomic E-state index is -0.437. The van der Waals surface area contributed by atoms with E-state index >= 15 is 0 Å². The second kappa shape index (κ2) is 10.5. The Labute approximate surface area is 199 Å². The maximum Gasteiger partial charge on any atom is 0.308 e. The average molecular weight is 459 g/mol. The van der Waals surface area contributed by atoms with Gasteiger partial charge in [0.25, 0.3) is 11.5 Å². The molecule has 0 bridgehead atoms. The van der Waals surface area contributed by atoms with Crippen molar-refractivity contribution in [3.63, 3.8) is 0 Å². The summed E-state index contributed by atoms with van der Waals surface area (Å²) in [5, 5.41) is 2.82. The second-order valence-electron chi connectivity index (χ2n) is 8.89. The number of anilines is 1. The number of hydrogen-bond acceptors (Lipinski definition) is 4. The van der Waals surface area contributed by atoms with E-state index in [2.05, 4.69) is 5.32 Å². The van der Waals surface area contributed by atoms with Crippen molar-refractivity contribution in [2.75, 3.05) is 5.32 Å². The molecule has 0 saturated carbocycles.